The van der Waals surface area contributed by atoms with Gasteiger partial charge in [0.2, 0.25) is 17.7 Å². The number of aromatic nitrogens is 3. The van der Waals surface area contributed by atoms with Crippen LogP contribution in [0.1, 0.15) is 43.2 Å². The van der Waals surface area contributed by atoms with Crippen molar-refractivity contribution in [2.75, 3.05) is 0 Å². The van der Waals surface area contributed by atoms with Crippen molar-refractivity contribution in [3.8, 4) is 11.6 Å². The molecule has 3 aromatic rings. The van der Waals surface area contributed by atoms with Crippen molar-refractivity contribution in [1.29, 1.82) is 0 Å². The van der Waals surface area contributed by atoms with E-state index in [2.05, 4.69) is 20.3 Å². The zero-order valence-electron chi connectivity index (χ0n) is 18.4. The van der Waals surface area contributed by atoms with Crippen LogP contribution in [0.5, 0.6) is 11.6 Å². The van der Waals surface area contributed by atoms with Gasteiger partial charge in [-0.1, -0.05) is 25.3 Å². The Morgan fingerprint density at radius 2 is 2.03 bits per heavy atom. The minimum atomic E-state index is -1.06. The van der Waals surface area contributed by atoms with Crippen LogP contribution >= 0.6 is 0 Å². The van der Waals surface area contributed by atoms with Gasteiger partial charge in [0.05, 0.1) is 11.4 Å². The molecule has 9 nitrogen and oxygen atoms in total. The van der Waals surface area contributed by atoms with E-state index < -0.39 is 29.2 Å². The van der Waals surface area contributed by atoms with Gasteiger partial charge in [-0.25, -0.2) is 14.4 Å². The Balaban J connectivity index is 1.45. The van der Waals surface area contributed by atoms with Gasteiger partial charge in [0.15, 0.2) is 11.6 Å². The number of aryl methyl sites for hydroxylation is 1. The fraction of sp³-hybridized carbons (Fsp3) is 0.391. The van der Waals surface area contributed by atoms with Crippen LogP contribution in [0.25, 0.3) is 11.0 Å². The number of carbonyl (C=O) groups excluding carboxylic acids is 2. The molecule has 174 valence electrons. The molecule has 0 aliphatic heterocycles. The number of benzene rings is 1. The zero-order chi connectivity index (χ0) is 23.6. The van der Waals surface area contributed by atoms with Crippen LogP contribution in [0.2, 0.25) is 0 Å². The highest BCUT2D eigenvalue weighted by molar-refractivity contribution is 5.92. The fourth-order valence-electron chi connectivity index (χ4n) is 4.28. The summed E-state index contributed by atoms with van der Waals surface area (Å²) < 4.78 is 20.5. The van der Waals surface area contributed by atoms with Crippen molar-refractivity contribution >= 4 is 22.8 Å². The molecule has 4 rings (SSSR count). The van der Waals surface area contributed by atoms with E-state index in [-0.39, 0.29) is 18.1 Å². The predicted molar refractivity (Wildman–Crippen MR) is 120 cm³/mol. The number of fused-ring (bicyclic) bond motifs is 1. The Kier molecular flexibility index (Phi) is 6.28. The summed E-state index contributed by atoms with van der Waals surface area (Å²) >= 11 is 0. The number of ether oxygens (including phenoxy) is 1. The monoisotopic (exact) mass is 454 g/mol. The number of H-pyrrole nitrogens is 1. The molecule has 2 aromatic heterocycles. The highest BCUT2D eigenvalue weighted by atomic mass is 19.1. The number of hydrogen-bond acceptors (Lipinski definition) is 6. The Labute approximate surface area is 190 Å². The lowest BCUT2D eigenvalue weighted by atomic mass is 9.80. The molecule has 2 heterocycles. The largest absolute Gasteiger partial charge is 0.435 e. The average Bonchev–Trinajstić information content (AvgIpc) is 3.18. The summed E-state index contributed by atoms with van der Waals surface area (Å²) in [5, 5.41) is 3.43. The van der Waals surface area contributed by atoms with Crippen LogP contribution in [-0.4, -0.2) is 38.3 Å². The van der Waals surface area contributed by atoms with E-state index in [1.165, 1.54) is 18.5 Å². The number of nitrogens with two attached hydrogens (primary N) is 2. The normalized spacial score (nSPS) is 16.3. The first-order valence-corrected chi connectivity index (χ1v) is 10.9. The molecule has 0 unspecified atom stereocenters. The Morgan fingerprint density at radius 1 is 1.27 bits per heavy atom. The number of amides is 2. The van der Waals surface area contributed by atoms with E-state index in [9.17, 15) is 14.0 Å². The summed E-state index contributed by atoms with van der Waals surface area (Å²) in [7, 11) is 0. The van der Waals surface area contributed by atoms with Crippen molar-refractivity contribution in [2.24, 2.45) is 11.5 Å². The smallest absolute Gasteiger partial charge is 0.243 e. The van der Waals surface area contributed by atoms with Gasteiger partial charge in [0, 0.05) is 6.20 Å². The van der Waals surface area contributed by atoms with Gasteiger partial charge in [-0.3, -0.25) is 9.59 Å². The standard InChI is InChI=1S/C23H27FN6O3/c1-13-11-27-19-18(13)21(29-12-28-19)33-17-6-5-14(9-15(17)24)10-16(25)20(31)30-23(22(26)32)7-3-2-4-8-23/h5-6,9,11-12,16H,2-4,7-8,10,25H2,1H3,(H2,26,32)(H,30,31)(H,27,28,29)/t16-/m0/s1. The van der Waals surface area contributed by atoms with E-state index in [1.54, 1.807) is 12.3 Å². The number of rotatable bonds is 7. The third-order valence-corrected chi connectivity index (χ3v) is 6.17. The van der Waals surface area contributed by atoms with Gasteiger partial charge in [-0.15, -0.1) is 0 Å². The van der Waals surface area contributed by atoms with Gasteiger partial charge >= 0.3 is 0 Å². The first kappa shape index (κ1) is 22.7. The molecule has 1 atom stereocenters. The summed E-state index contributed by atoms with van der Waals surface area (Å²) in [5.41, 5.74) is 12.6. The van der Waals surface area contributed by atoms with E-state index in [4.69, 9.17) is 16.2 Å². The first-order valence-electron chi connectivity index (χ1n) is 10.9. The van der Waals surface area contributed by atoms with Crippen molar-refractivity contribution in [1.82, 2.24) is 20.3 Å². The van der Waals surface area contributed by atoms with Crippen molar-refractivity contribution in [2.45, 2.75) is 57.0 Å². The number of hydrogen-bond donors (Lipinski definition) is 4. The average molecular weight is 455 g/mol. The molecule has 1 aromatic carbocycles. The molecule has 1 aliphatic carbocycles. The van der Waals surface area contributed by atoms with Crippen LogP contribution in [0.15, 0.2) is 30.7 Å². The molecule has 0 bridgehead atoms. The summed E-state index contributed by atoms with van der Waals surface area (Å²) in [6.45, 7) is 1.87. The molecule has 0 spiro atoms. The second-order valence-corrected chi connectivity index (χ2v) is 8.55. The molecule has 0 radical (unpaired) electrons. The van der Waals surface area contributed by atoms with Crippen LogP contribution in [0.4, 0.5) is 4.39 Å². The number of nitrogens with zero attached hydrogens (tertiary/aromatic N) is 2. The van der Waals surface area contributed by atoms with Crippen molar-refractivity contribution in [3.05, 3.63) is 47.7 Å². The van der Waals surface area contributed by atoms with Gasteiger partial charge in [0.1, 0.15) is 17.5 Å². The van der Waals surface area contributed by atoms with E-state index in [0.29, 0.717) is 29.4 Å². The maximum absolute atomic E-state index is 14.8. The quantitative estimate of drug-likeness (QED) is 0.431. The summed E-state index contributed by atoms with van der Waals surface area (Å²) in [5.74, 6) is -1.41. The van der Waals surface area contributed by atoms with Crippen LogP contribution < -0.4 is 21.5 Å². The molecule has 10 heteroatoms. The highest BCUT2D eigenvalue weighted by Crippen LogP contribution is 2.31. The van der Waals surface area contributed by atoms with Crippen LogP contribution in [0, 0.1) is 12.7 Å². The molecular weight excluding hydrogens is 427 g/mol. The number of nitrogens with one attached hydrogen (secondary N) is 2. The molecule has 0 saturated heterocycles. The van der Waals surface area contributed by atoms with Gasteiger partial charge < -0.3 is 26.5 Å². The molecule has 1 fully saturated rings. The van der Waals surface area contributed by atoms with E-state index in [1.807, 2.05) is 6.92 Å². The van der Waals surface area contributed by atoms with Crippen molar-refractivity contribution in [3.63, 3.8) is 0 Å². The summed E-state index contributed by atoms with van der Waals surface area (Å²) in [4.78, 5) is 35.9. The maximum atomic E-state index is 14.8. The van der Waals surface area contributed by atoms with Gasteiger partial charge in [-0.2, -0.15) is 0 Å². The van der Waals surface area contributed by atoms with E-state index >= 15 is 0 Å². The van der Waals surface area contributed by atoms with Crippen molar-refractivity contribution < 1.29 is 18.7 Å². The number of carbonyl (C=O) groups is 2. The molecule has 2 amide bonds. The highest BCUT2D eigenvalue weighted by Gasteiger charge is 2.40. The molecule has 1 aliphatic rings. The molecule has 33 heavy (non-hydrogen) atoms. The minimum Gasteiger partial charge on any atom is -0.435 e. The SMILES string of the molecule is Cc1c[nH]c2ncnc(Oc3ccc(C[C@H](N)C(=O)NC4(C(N)=O)CCCCC4)cc3F)c12. The van der Waals surface area contributed by atoms with Gasteiger partial charge in [-0.05, 0) is 49.4 Å². The maximum Gasteiger partial charge on any atom is 0.243 e. The van der Waals surface area contributed by atoms with Crippen LogP contribution in [-0.2, 0) is 16.0 Å². The number of halogens is 1. The molecular formula is C23H27FN6O3. The summed E-state index contributed by atoms with van der Waals surface area (Å²) in [6.07, 6.45) is 6.81. The lowest BCUT2D eigenvalue weighted by Gasteiger charge is -2.35. The third-order valence-electron chi connectivity index (χ3n) is 6.17. The number of aromatic amines is 1. The Bertz CT molecular complexity index is 1190. The molecule has 6 N–H and O–H groups in total. The number of primary amides is 1. The second-order valence-electron chi connectivity index (χ2n) is 8.55. The third kappa shape index (κ3) is 4.65. The minimum absolute atomic E-state index is 0.00717. The van der Waals surface area contributed by atoms with Crippen LogP contribution in [0.3, 0.4) is 0 Å². The lowest BCUT2D eigenvalue weighted by Crippen LogP contribution is -2.61. The van der Waals surface area contributed by atoms with E-state index in [0.717, 1.165) is 24.8 Å². The van der Waals surface area contributed by atoms with Gasteiger partial charge in [0.25, 0.3) is 0 Å². The first-order chi connectivity index (χ1) is 15.8. The predicted octanol–water partition coefficient (Wildman–Crippen LogP) is 2.37. The lowest BCUT2D eigenvalue weighted by molar-refractivity contribution is -0.133. The Hall–Kier alpha value is -3.53. The second kappa shape index (κ2) is 9.14. The Morgan fingerprint density at radius 3 is 2.73 bits per heavy atom. The fourth-order valence-corrected chi connectivity index (χ4v) is 4.28. The summed E-state index contributed by atoms with van der Waals surface area (Å²) in [6, 6.07) is 3.42. The zero-order valence-corrected chi connectivity index (χ0v) is 18.4. The molecule has 1 saturated carbocycles. The topological polar surface area (TPSA) is 149 Å².